The standard InChI is InChI=1S/C23H23FN4O3/c1-14(2)20(28-21(29)17-7-4-5-8-18(17)24)22(30)27-19-10-9-16(13-15(19)3)31-23-25-11-6-12-26-23/h4-14,20H,1-3H3,(H,27,30)(H,28,29). The van der Waals surface area contributed by atoms with Crippen LogP contribution in [0, 0.1) is 18.7 Å². The number of benzene rings is 2. The first-order chi connectivity index (χ1) is 14.8. The van der Waals surface area contributed by atoms with E-state index in [4.69, 9.17) is 4.74 Å². The molecule has 7 nitrogen and oxygen atoms in total. The van der Waals surface area contributed by atoms with Gasteiger partial charge < -0.3 is 15.4 Å². The first-order valence-corrected chi connectivity index (χ1v) is 9.77. The molecule has 1 atom stereocenters. The van der Waals surface area contributed by atoms with Gasteiger partial charge >= 0.3 is 6.01 Å². The molecule has 2 aromatic carbocycles. The van der Waals surface area contributed by atoms with Gasteiger partial charge in [0.05, 0.1) is 5.56 Å². The van der Waals surface area contributed by atoms with Gasteiger partial charge in [0.2, 0.25) is 5.91 Å². The lowest BCUT2D eigenvalue weighted by Crippen LogP contribution is -2.47. The molecule has 2 amide bonds. The summed E-state index contributed by atoms with van der Waals surface area (Å²) >= 11 is 0. The van der Waals surface area contributed by atoms with Crippen molar-refractivity contribution in [1.82, 2.24) is 15.3 Å². The number of aryl methyl sites for hydroxylation is 1. The third kappa shape index (κ3) is 5.63. The number of aromatic nitrogens is 2. The van der Waals surface area contributed by atoms with Crippen molar-refractivity contribution < 1.29 is 18.7 Å². The summed E-state index contributed by atoms with van der Waals surface area (Å²) in [5.74, 6) is -1.38. The Balaban J connectivity index is 1.70. The summed E-state index contributed by atoms with van der Waals surface area (Å²) in [6, 6.07) is 11.8. The molecule has 1 heterocycles. The second-order valence-electron chi connectivity index (χ2n) is 7.27. The van der Waals surface area contributed by atoms with E-state index in [9.17, 15) is 14.0 Å². The van der Waals surface area contributed by atoms with Gasteiger partial charge in [-0.1, -0.05) is 26.0 Å². The molecule has 3 aromatic rings. The molecule has 1 aromatic heterocycles. The van der Waals surface area contributed by atoms with Crippen molar-refractivity contribution in [3.63, 3.8) is 0 Å². The molecular formula is C23H23FN4O3. The molecule has 3 rings (SSSR count). The van der Waals surface area contributed by atoms with Crippen molar-refractivity contribution in [2.45, 2.75) is 26.8 Å². The minimum Gasteiger partial charge on any atom is -0.424 e. The minimum atomic E-state index is -0.847. The zero-order chi connectivity index (χ0) is 22.4. The lowest BCUT2D eigenvalue weighted by molar-refractivity contribution is -0.118. The Labute approximate surface area is 179 Å². The second kappa shape index (κ2) is 9.80. The molecule has 8 heteroatoms. The number of carbonyl (C=O) groups excluding carboxylic acids is 2. The number of anilines is 1. The number of halogens is 1. The van der Waals surface area contributed by atoms with Crippen molar-refractivity contribution in [2.24, 2.45) is 5.92 Å². The summed E-state index contributed by atoms with van der Waals surface area (Å²) < 4.78 is 19.5. The summed E-state index contributed by atoms with van der Waals surface area (Å²) in [7, 11) is 0. The van der Waals surface area contributed by atoms with E-state index in [2.05, 4.69) is 20.6 Å². The van der Waals surface area contributed by atoms with Crippen LogP contribution in [-0.4, -0.2) is 27.8 Å². The summed E-state index contributed by atoms with van der Waals surface area (Å²) in [5.41, 5.74) is 1.21. The predicted octanol–water partition coefficient (Wildman–Crippen LogP) is 4.11. The van der Waals surface area contributed by atoms with Crippen molar-refractivity contribution in [3.8, 4) is 11.8 Å². The molecule has 160 valence electrons. The zero-order valence-electron chi connectivity index (χ0n) is 17.4. The van der Waals surface area contributed by atoms with Crippen LogP contribution in [-0.2, 0) is 4.79 Å². The van der Waals surface area contributed by atoms with Crippen molar-refractivity contribution >= 4 is 17.5 Å². The SMILES string of the molecule is Cc1cc(Oc2ncccn2)ccc1NC(=O)C(NC(=O)c1ccccc1F)C(C)C. The van der Waals surface area contributed by atoms with E-state index < -0.39 is 23.7 Å². The van der Waals surface area contributed by atoms with E-state index >= 15 is 0 Å². The number of carbonyl (C=O) groups is 2. The highest BCUT2D eigenvalue weighted by Crippen LogP contribution is 2.24. The lowest BCUT2D eigenvalue weighted by atomic mass is 10.0. The van der Waals surface area contributed by atoms with Gasteiger partial charge in [0.15, 0.2) is 0 Å². The van der Waals surface area contributed by atoms with Gasteiger partial charge in [-0.15, -0.1) is 0 Å². The first kappa shape index (κ1) is 21.9. The Hall–Kier alpha value is -3.81. The molecule has 0 bridgehead atoms. The van der Waals surface area contributed by atoms with E-state index in [-0.39, 0.29) is 17.5 Å². The van der Waals surface area contributed by atoms with E-state index in [1.54, 1.807) is 56.6 Å². The summed E-state index contributed by atoms with van der Waals surface area (Å²) in [6.07, 6.45) is 3.15. The first-order valence-electron chi connectivity index (χ1n) is 9.77. The largest absolute Gasteiger partial charge is 0.424 e. The Morgan fingerprint density at radius 2 is 1.74 bits per heavy atom. The number of ether oxygens (including phenoxy) is 1. The molecule has 0 aliphatic carbocycles. The summed E-state index contributed by atoms with van der Waals surface area (Å²) in [6.45, 7) is 5.42. The fourth-order valence-corrected chi connectivity index (χ4v) is 2.89. The predicted molar refractivity (Wildman–Crippen MR) is 114 cm³/mol. The Bertz CT molecular complexity index is 1070. The topological polar surface area (TPSA) is 93.2 Å². The summed E-state index contributed by atoms with van der Waals surface area (Å²) in [5, 5.41) is 5.44. The molecule has 0 aliphatic heterocycles. The number of rotatable bonds is 7. The molecule has 0 saturated heterocycles. The maximum Gasteiger partial charge on any atom is 0.321 e. The molecule has 0 spiro atoms. The smallest absolute Gasteiger partial charge is 0.321 e. The minimum absolute atomic E-state index is 0.109. The van der Waals surface area contributed by atoms with Gasteiger partial charge in [0, 0.05) is 18.1 Å². The van der Waals surface area contributed by atoms with E-state index in [1.807, 2.05) is 6.92 Å². The van der Waals surface area contributed by atoms with E-state index in [1.165, 1.54) is 18.2 Å². The maximum absolute atomic E-state index is 13.9. The monoisotopic (exact) mass is 422 g/mol. The average molecular weight is 422 g/mol. The van der Waals surface area contributed by atoms with Crippen LogP contribution in [0.4, 0.5) is 10.1 Å². The van der Waals surface area contributed by atoms with Gasteiger partial charge in [-0.2, -0.15) is 0 Å². The lowest BCUT2D eigenvalue weighted by Gasteiger charge is -2.22. The Kier molecular flexibility index (Phi) is 6.92. The van der Waals surface area contributed by atoms with Gasteiger partial charge in [0.25, 0.3) is 5.91 Å². The third-order valence-electron chi connectivity index (χ3n) is 4.56. The fraction of sp³-hybridized carbons (Fsp3) is 0.217. The van der Waals surface area contributed by atoms with Gasteiger partial charge in [-0.05, 0) is 54.8 Å². The highest BCUT2D eigenvalue weighted by molar-refractivity contribution is 6.01. The average Bonchev–Trinajstić information content (AvgIpc) is 2.74. The molecule has 0 radical (unpaired) electrons. The highest BCUT2D eigenvalue weighted by Gasteiger charge is 2.26. The number of amides is 2. The normalized spacial score (nSPS) is 11.6. The van der Waals surface area contributed by atoms with Gasteiger partial charge in [-0.3, -0.25) is 9.59 Å². The van der Waals surface area contributed by atoms with Crippen molar-refractivity contribution in [3.05, 3.63) is 77.9 Å². The third-order valence-corrected chi connectivity index (χ3v) is 4.56. The van der Waals surface area contributed by atoms with Crippen LogP contribution in [0.25, 0.3) is 0 Å². The van der Waals surface area contributed by atoms with Crippen LogP contribution in [0.1, 0.15) is 29.8 Å². The van der Waals surface area contributed by atoms with Crippen LogP contribution < -0.4 is 15.4 Å². The molecular weight excluding hydrogens is 399 g/mol. The molecule has 31 heavy (non-hydrogen) atoms. The zero-order valence-corrected chi connectivity index (χ0v) is 17.4. The van der Waals surface area contributed by atoms with Crippen molar-refractivity contribution in [2.75, 3.05) is 5.32 Å². The molecule has 0 saturated carbocycles. The van der Waals surface area contributed by atoms with Crippen LogP contribution in [0.15, 0.2) is 60.9 Å². The Morgan fingerprint density at radius 3 is 2.39 bits per heavy atom. The van der Waals surface area contributed by atoms with E-state index in [0.717, 1.165) is 5.56 Å². The van der Waals surface area contributed by atoms with Crippen LogP contribution >= 0.6 is 0 Å². The number of hydrogen-bond acceptors (Lipinski definition) is 5. The molecule has 0 aliphatic rings. The second-order valence-corrected chi connectivity index (χ2v) is 7.27. The molecule has 2 N–H and O–H groups in total. The van der Waals surface area contributed by atoms with Gasteiger partial charge in [-0.25, -0.2) is 14.4 Å². The highest BCUT2D eigenvalue weighted by atomic mass is 19.1. The fourth-order valence-electron chi connectivity index (χ4n) is 2.89. The number of nitrogens with one attached hydrogen (secondary N) is 2. The molecule has 1 unspecified atom stereocenters. The number of hydrogen-bond donors (Lipinski definition) is 2. The van der Waals surface area contributed by atoms with Gasteiger partial charge in [0.1, 0.15) is 17.6 Å². The quantitative estimate of drug-likeness (QED) is 0.598. The van der Waals surface area contributed by atoms with Crippen LogP contribution in [0.3, 0.4) is 0 Å². The van der Waals surface area contributed by atoms with E-state index in [0.29, 0.717) is 11.4 Å². The van der Waals surface area contributed by atoms with Crippen molar-refractivity contribution in [1.29, 1.82) is 0 Å². The maximum atomic E-state index is 13.9. The molecule has 0 fully saturated rings. The van der Waals surface area contributed by atoms with Crippen LogP contribution in [0.2, 0.25) is 0 Å². The Morgan fingerprint density at radius 1 is 1.03 bits per heavy atom. The van der Waals surface area contributed by atoms with Crippen LogP contribution in [0.5, 0.6) is 11.8 Å². The summed E-state index contributed by atoms with van der Waals surface area (Å²) in [4.78, 5) is 33.3. The number of nitrogens with zero attached hydrogens (tertiary/aromatic N) is 2.